The van der Waals surface area contributed by atoms with Gasteiger partial charge in [0.05, 0.1) is 11.2 Å². The van der Waals surface area contributed by atoms with Gasteiger partial charge in [-0.25, -0.2) is 5.48 Å². The maximum atomic E-state index is 13.4. The molecule has 1 unspecified atom stereocenters. The topological polar surface area (TPSA) is 104 Å². The Morgan fingerprint density at radius 1 is 1.16 bits per heavy atom. The fourth-order valence-electron chi connectivity index (χ4n) is 5.73. The van der Waals surface area contributed by atoms with Crippen molar-refractivity contribution in [2.75, 3.05) is 13.1 Å². The summed E-state index contributed by atoms with van der Waals surface area (Å²) in [7, 11) is 0. The standard InChI is InChI=1S/C30H38N4O4/c1-4-15-30(19-22(18-28(35)33-37)14-16-34(30)5-2)32-29(36)23-10-12-25(13-11-23)38-20-24-17-21(3)31-27-9-7-6-8-26(24)27/h6-13,17,22,37H,4-5,14-16,18-20H2,1-3H3,(H,32,36)(H,33,35)/t22?,30-/m1/s1. The zero-order chi connectivity index (χ0) is 27.1. The highest BCUT2D eigenvalue weighted by molar-refractivity contribution is 5.94. The third-order valence-electron chi connectivity index (χ3n) is 7.47. The minimum absolute atomic E-state index is 0.0838. The quantitative estimate of drug-likeness (QED) is 0.258. The largest absolute Gasteiger partial charge is 0.489 e. The number of aromatic nitrogens is 1. The molecule has 0 bridgehead atoms. The number of likely N-dealkylation sites (tertiary alicyclic amines) is 1. The molecule has 0 aliphatic carbocycles. The Balaban J connectivity index is 1.46. The van der Waals surface area contributed by atoms with E-state index in [1.54, 1.807) is 17.6 Å². The number of pyridine rings is 1. The molecule has 4 rings (SSSR count). The van der Waals surface area contributed by atoms with E-state index in [0.29, 0.717) is 24.3 Å². The van der Waals surface area contributed by atoms with Crippen LogP contribution in [0.2, 0.25) is 0 Å². The first-order valence-corrected chi connectivity index (χ1v) is 13.5. The van der Waals surface area contributed by atoms with Crippen LogP contribution >= 0.6 is 0 Å². The van der Waals surface area contributed by atoms with Gasteiger partial charge in [-0.3, -0.25) is 24.7 Å². The molecule has 1 aliphatic rings. The van der Waals surface area contributed by atoms with E-state index in [1.807, 2.05) is 49.4 Å². The third-order valence-corrected chi connectivity index (χ3v) is 7.47. The summed E-state index contributed by atoms with van der Waals surface area (Å²) in [6.45, 7) is 8.17. The van der Waals surface area contributed by atoms with E-state index in [-0.39, 0.29) is 24.2 Å². The van der Waals surface area contributed by atoms with Crippen LogP contribution in [0.3, 0.4) is 0 Å². The molecule has 1 saturated heterocycles. The number of rotatable bonds is 10. The predicted octanol–water partition coefficient (Wildman–Crippen LogP) is 4.98. The van der Waals surface area contributed by atoms with Gasteiger partial charge in [-0.2, -0.15) is 0 Å². The van der Waals surface area contributed by atoms with E-state index >= 15 is 0 Å². The summed E-state index contributed by atoms with van der Waals surface area (Å²) in [6.07, 6.45) is 3.43. The van der Waals surface area contributed by atoms with Crippen molar-refractivity contribution in [1.82, 2.24) is 20.7 Å². The summed E-state index contributed by atoms with van der Waals surface area (Å²) in [6, 6.07) is 17.3. The summed E-state index contributed by atoms with van der Waals surface area (Å²) in [4.78, 5) is 32.1. The highest BCUT2D eigenvalue weighted by Gasteiger charge is 2.42. The zero-order valence-corrected chi connectivity index (χ0v) is 22.5. The van der Waals surface area contributed by atoms with Gasteiger partial charge in [-0.1, -0.05) is 38.5 Å². The number of aryl methyl sites for hydroxylation is 1. The molecular formula is C30H38N4O4. The number of carbonyl (C=O) groups excluding carboxylic acids is 2. The lowest BCUT2D eigenvalue weighted by molar-refractivity contribution is -0.131. The Hall–Kier alpha value is -3.49. The lowest BCUT2D eigenvalue weighted by Crippen LogP contribution is -2.64. The number of amides is 2. The molecule has 202 valence electrons. The normalized spacial score (nSPS) is 19.7. The van der Waals surface area contributed by atoms with Crippen molar-refractivity contribution < 1.29 is 19.5 Å². The average Bonchev–Trinajstić information content (AvgIpc) is 2.92. The first-order chi connectivity index (χ1) is 18.4. The van der Waals surface area contributed by atoms with Gasteiger partial charge in [0.1, 0.15) is 12.4 Å². The SMILES string of the molecule is CCC[C@]1(NC(=O)c2ccc(OCc3cc(C)nc4ccccc34)cc2)CC(CC(=O)NO)CCN1CC. The van der Waals surface area contributed by atoms with E-state index in [1.165, 1.54) is 0 Å². The van der Waals surface area contributed by atoms with Gasteiger partial charge in [-0.05, 0) is 75.0 Å². The van der Waals surface area contributed by atoms with Gasteiger partial charge >= 0.3 is 0 Å². The molecule has 1 aromatic heterocycles. The fraction of sp³-hybridized carbons (Fsp3) is 0.433. The smallest absolute Gasteiger partial charge is 0.252 e. The fourth-order valence-corrected chi connectivity index (χ4v) is 5.73. The number of hydrogen-bond donors (Lipinski definition) is 3. The van der Waals surface area contributed by atoms with Gasteiger partial charge in [0.2, 0.25) is 5.91 Å². The molecule has 3 N–H and O–H groups in total. The highest BCUT2D eigenvalue weighted by Crippen LogP contribution is 2.35. The van der Waals surface area contributed by atoms with Gasteiger partial charge in [0, 0.05) is 35.2 Å². The first-order valence-electron chi connectivity index (χ1n) is 13.5. The van der Waals surface area contributed by atoms with Crippen molar-refractivity contribution in [2.24, 2.45) is 5.92 Å². The van der Waals surface area contributed by atoms with Crippen molar-refractivity contribution in [1.29, 1.82) is 0 Å². The Labute approximate surface area is 224 Å². The second-order valence-corrected chi connectivity index (χ2v) is 10.2. The molecule has 2 atom stereocenters. The predicted molar refractivity (Wildman–Crippen MR) is 147 cm³/mol. The van der Waals surface area contributed by atoms with Crippen LogP contribution < -0.4 is 15.5 Å². The molecule has 0 saturated carbocycles. The molecular weight excluding hydrogens is 480 g/mol. The number of ether oxygens (including phenoxy) is 1. The molecule has 1 aliphatic heterocycles. The van der Waals surface area contributed by atoms with Crippen LogP contribution in [0.5, 0.6) is 5.75 Å². The molecule has 0 radical (unpaired) electrons. The zero-order valence-electron chi connectivity index (χ0n) is 22.5. The maximum Gasteiger partial charge on any atom is 0.252 e. The van der Waals surface area contributed by atoms with Crippen LogP contribution in [0.15, 0.2) is 54.6 Å². The van der Waals surface area contributed by atoms with Crippen LogP contribution in [0.1, 0.15) is 67.6 Å². The molecule has 2 heterocycles. The lowest BCUT2D eigenvalue weighted by Gasteiger charge is -2.50. The molecule has 2 amide bonds. The maximum absolute atomic E-state index is 13.4. The summed E-state index contributed by atoms with van der Waals surface area (Å²) in [5.74, 6) is 0.237. The average molecular weight is 519 g/mol. The number of fused-ring (bicyclic) bond motifs is 1. The molecule has 1 fully saturated rings. The van der Waals surface area contributed by atoms with Crippen molar-refractivity contribution in [2.45, 2.75) is 65.1 Å². The number of nitrogens with zero attached hydrogens (tertiary/aromatic N) is 2. The van der Waals surface area contributed by atoms with E-state index in [0.717, 1.165) is 54.5 Å². The summed E-state index contributed by atoms with van der Waals surface area (Å²) in [5.41, 5.74) is 4.73. The van der Waals surface area contributed by atoms with Gasteiger partial charge in [0.15, 0.2) is 0 Å². The number of para-hydroxylation sites is 1. The van der Waals surface area contributed by atoms with E-state index in [4.69, 9.17) is 9.94 Å². The van der Waals surface area contributed by atoms with Crippen molar-refractivity contribution in [3.8, 4) is 5.75 Å². The Kier molecular flexibility index (Phi) is 8.97. The Morgan fingerprint density at radius 2 is 1.92 bits per heavy atom. The van der Waals surface area contributed by atoms with E-state index in [9.17, 15) is 9.59 Å². The molecule has 38 heavy (non-hydrogen) atoms. The minimum atomic E-state index is -0.533. The van der Waals surface area contributed by atoms with E-state index in [2.05, 4.69) is 29.0 Å². The second kappa shape index (κ2) is 12.4. The Bertz CT molecular complexity index is 1260. The van der Waals surface area contributed by atoms with Crippen LogP contribution in [-0.2, 0) is 11.4 Å². The second-order valence-electron chi connectivity index (χ2n) is 10.2. The number of piperidine rings is 1. The monoisotopic (exact) mass is 518 g/mol. The molecule has 0 spiro atoms. The summed E-state index contributed by atoms with van der Waals surface area (Å²) < 4.78 is 6.07. The number of nitrogens with one attached hydrogen (secondary N) is 2. The highest BCUT2D eigenvalue weighted by atomic mass is 16.5. The lowest BCUT2D eigenvalue weighted by atomic mass is 9.81. The number of benzene rings is 2. The first kappa shape index (κ1) is 27.5. The van der Waals surface area contributed by atoms with Gasteiger partial charge in [-0.15, -0.1) is 0 Å². The van der Waals surface area contributed by atoms with Crippen LogP contribution in [-0.4, -0.2) is 45.7 Å². The number of hydroxylamine groups is 1. The third kappa shape index (κ3) is 6.31. The van der Waals surface area contributed by atoms with Crippen LogP contribution in [0.4, 0.5) is 0 Å². The van der Waals surface area contributed by atoms with Gasteiger partial charge < -0.3 is 10.1 Å². The van der Waals surface area contributed by atoms with Crippen LogP contribution in [0, 0.1) is 12.8 Å². The van der Waals surface area contributed by atoms with E-state index < -0.39 is 5.66 Å². The molecule has 3 aromatic rings. The van der Waals surface area contributed by atoms with Crippen molar-refractivity contribution in [3.05, 3.63) is 71.4 Å². The summed E-state index contributed by atoms with van der Waals surface area (Å²) in [5, 5.41) is 13.4. The molecule has 2 aromatic carbocycles. The van der Waals surface area contributed by atoms with Crippen LogP contribution in [0.25, 0.3) is 10.9 Å². The van der Waals surface area contributed by atoms with Gasteiger partial charge in [0.25, 0.3) is 5.91 Å². The summed E-state index contributed by atoms with van der Waals surface area (Å²) >= 11 is 0. The minimum Gasteiger partial charge on any atom is -0.489 e. The molecule has 8 heteroatoms. The van der Waals surface area contributed by atoms with Crippen molar-refractivity contribution >= 4 is 22.7 Å². The molecule has 8 nitrogen and oxygen atoms in total. The number of carbonyl (C=O) groups is 2. The van der Waals surface area contributed by atoms with Crippen molar-refractivity contribution in [3.63, 3.8) is 0 Å². The Morgan fingerprint density at radius 3 is 2.63 bits per heavy atom. The number of hydrogen-bond acceptors (Lipinski definition) is 6.